The molecule has 0 atom stereocenters. The molecule has 0 N–H and O–H groups in total. The Morgan fingerprint density at radius 1 is 0.700 bits per heavy atom. The van der Waals surface area contributed by atoms with Crippen molar-refractivity contribution < 1.29 is 0 Å². The molecule has 0 aliphatic carbocycles. The molecule has 0 spiro atoms. The maximum atomic E-state index is 2.36. The van der Waals surface area contributed by atoms with Gasteiger partial charge >= 0.3 is 0 Å². The van der Waals surface area contributed by atoms with E-state index in [0.717, 1.165) is 0 Å². The largest absolute Gasteiger partial charge is 0.0619 e. The zero-order valence-corrected chi connectivity index (χ0v) is 12.8. The van der Waals surface area contributed by atoms with Gasteiger partial charge in [0.15, 0.2) is 0 Å². The number of benzene rings is 3. The lowest BCUT2D eigenvalue weighted by atomic mass is 9.75. The van der Waals surface area contributed by atoms with Crippen LogP contribution in [0.1, 0.15) is 33.3 Å². The van der Waals surface area contributed by atoms with Crippen LogP contribution in [0, 0.1) is 5.92 Å². The molecule has 3 aromatic carbocycles. The highest BCUT2D eigenvalue weighted by Crippen LogP contribution is 2.34. The van der Waals surface area contributed by atoms with Crippen molar-refractivity contribution in [1.82, 2.24) is 0 Å². The van der Waals surface area contributed by atoms with Crippen LogP contribution in [0.2, 0.25) is 0 Å². The smallest absolute Gasteiger partial charge is 0.00803 e. The third-order valence-electron chi connectivity index (χ3n) is 4.89. The van der Waals surface area contributed by atoms with Gasteiger partial charge in [-0.3, -0.25) is 0 Å². The Balaban J connectivity index is 2.23. The van der Waals surface area contributed by atoms with Gasteiger partial charge in [-0.2, -0.15) is 0 Å². The lowest BCUT2D eigenvalue weighted by Gasteiger charge is -2.30. The number of rotatable bonds is 2. The molecule has 0 saturated heterocycles. The summed E-state index contributed by atoms with van der Waals surface area (Å²) in [6.45, 7) is 9.26. The van der Waals surface area contributed by atoms with E-state index in [1.54, 1.807) is 0 Å². The summed E-state index contributed by atoms with van der Waals surface area (Å²) in [6.07, 6.45) is 0. The van der Waals surface area contributed by atoms with Crippen LogP contribution in [0.15, 0.2) is 54.6 Å². The highest BCUT2D eigenvalue weighted by Gasteiger charge is 2.24. The summed E-state index contributed by atoms with van der Waals surface area (Å²) in [5.74, 6) is 0.625. The average Bonchev–Trinajstić information content (AvgIpc) is 2.44. The Kier molecular flexibility index (Phi) is 3.05. The predicted molar refractivity (Wildman–Crippen MR) is 89.3 cm³/mol. The van der Waals surface area contributed by atoms with Gasteiger partial charge < -0.3 is 0 Å². The van der Waals surface area contributed by atoms with E-state index in [4.69, 9.17) is 0 Å². The molecule has 0 unspecified atom stereocenters. The zero-order chi connectivity index (χ0) is 14.3. The summed E-state index contributed by atoms with van der Waals surface area (Å²) in [5, 5.41) is 5.30. The maximum Gasteiger partial charge on any atom is -0.00803 e. The molecule has 0 saturated carbocycles. The van der Waals surface area contributed by atoms with E-state index in [9.17, 15) is 0 Å². The molecular formula is C20H22. The molecule has 0 aromatic heterocycles. The Hall–Kier alpha value is -1.82. The third-order valence-corrected chi connectivity index (χ3v) is 4.89. The molecule has 102 valence electrons. The van der Waals surface area contributed by atoms with Crippen LogP contribution >= 0.6 is 0 Å². The van der Waals surface area contributed by atoms with Crippen LogP contribution < -0.4 is 0 Å². The normalized spacial score (nSPS) is 12.4. The molecule has 0 amide bonds. The van der Waals surface area contributed by atoms with E-state index in [0.29, 0.717) is 5.92 Å². The van der Waals surface area contributed by atoms with Crippen LogP contribution in [0.3, 0.4) is 0 Å². The first-order valence-corrected chi connectivity index (χ1v) is 7.41. The van der Waals surface area contributed by atoms with Gasteiger partial charge in [0.05, 0.1) is 0 Å². The fraction of sp³-hybridized carbons (Fsp3) is 0.300. The molecule has 0 radical (unpaired) electrons. The number of hydrogen-bond acceptors (Lipinski definition) is 0. The van der Waals surface area contributed by atoms with Crippen LogP contribution in [-0.4, -0.2) is 0 Å². The van der Waals surface area contributed by atoms with Gasteiger partial charge in [0.2, 0.25) is 0 Å². The molecule has 0 bridgehead atoms. The summed E-state index contributed by atoms with van der Waals surface area (Å²) in [4.78, 5) is 0. The van der Waals surface area contributed by atoms with Crippen molar-refractivity contribution in [2.75, 3.05) is 0 Å². The Morgan fingerprint density at radius 3 is 1.85 bits per heavy atom. The second kappa shape index (κ2) is 4.63. The Morgan fingerprint density at radius 2 is 1.25 bits per heavy atom. The Bertz CT molecular complexity index is 763. The van der Waals surface area contributed by atoms with Gasteiger partial charge in [0.25, 0.3) is 0 Å². The maximum absolute atomic E-state index is 2.36. The standard InChI is InChI=1S/C20H22/c1-14(2)20(3,4)19-10-9-17-11-15-7-5-6-8-16(15)12-18(17)13-19/h5-14H,1-4H3. The van der Waals surface area contributed by atoms with Crippen molar-refractivity contribution >= 4 is 21.5 Å². The van der Waals surface area contributed by atoms with Gasteiger partial charge in [-0.25, -0.2) is 0 Å². The van der Waals surface area contributed by atoms with Crippen molar-refractivity contribution in [3.8, 4) is 0 Å². The molecule has 0 aliphatic rings. The van der Waals surface area contributed by atoms with E-state index in [1.807, 2.05) is 0 Å². The van der Waals surface area contributed by atoms with E-state index < -0.39 is 0 Å². The molecule has 0 fully saturated rings. The lowest BCUT2D eigenvalue weighted by Crippen LogP contribution is -2.24. The highest BCUT2D eigenvalue weighted by molar-refractivity contribution is 5.98. The number of hydrogen-bond donors (Lipinski definition) is 0. The van der Waals surface area contributed by atoms with Crippen molar-refractivity contribution in [3.05, 3.63) is 60.2 Å². The van der Waals surface area contributed by atoms with Crippen molar-refractivity contribution in [3.63, 3.8) is 0 Å². The van der Waals surface area contributed by atoms with Crippen molar-refractivity contribution in [2.45, 2.75) is 33.1 Å². The van der Waals surface area contributed by atoms with Crippen LogP contribution in [-0.2, 0) is 5.41 Å². The third kappa shape index (κ3) is 2.10. The van der Waals surface area contributed by atoms with Crippen LogP contribution in [0.5, 0.6) is 0 Å². The highest BCUT2D eigenvalue weighted by atomic mass is 14.3. The molecule has 0 heteroatoms. The summed E-state index contributed by atoms with van der Waals surface area (Å²) in [6, 6.07) is 20.1. The lowest BCUT2D eigenvalue weighted by molar-refractivity contribution is 0.372. The molecule has 20 heavy (non-hydrogen) atoms. The molecular weight excluding hydrogens is 240 g/mol. The van der Waals surface area contributed by atoms with Crippen LogP contribution in [0.4, 0.5) is 0 Å². The predicted octanol–water partition coefficient (Wildman–Crippen LogP) is 5.93. The minimum Gasteiger partial charge on any atom is -0.0619 e. The molecule has 0 aliphatic heterocycles. The SMILES string of the molecule is CC(C)C(C)(C)c1ccc2cc3ccccc3cc2c1. The van der Waals surface area contributed by atoms with Gasteiger partial charge in [0.1, 0.15) is 0 Å². The molecule has 0 nitrogen and oxygen atoms in total. The second-order valence-electron chi connectivity index (χ2n) is 6.64. The summed E-state index contributed by atoms with van der Waals surface area (Å²) in [5.41, 5.74) is 1.63. The quantitative estimate of drug-likeness (QED) is 0.502. The number of fused-ring (bicyclic) bond motifs is 2. The summed E-state index contributed by atoms with van der Waals surface area (Å²) < 4.78 is 0. The first-order valence-electron chi connectivity index (χ1n) is 7.41. The minimum absolute atomic E-state index is 0.208. The van der Waals surface area contributed by atoms with Gasteiger partial charge in [-0.1, -0.05) is 70.2 Å². The zero-order valence-electron chi connectivity index (χ0n) is 12.8. The first kappa shape index (κ1) is 13.2. The van der Waals surface area contributed by atoms with E-state index in [-0.39, 0.29) is 5.41 Å². The van der Waals surface area contributed by atoms with E-state index >= 15 is 0 Å². The second-order valence-corrected chi connectivity index (χ2v) is 6.64. The van der Waals surface area contributed by atoms with E-state index in [2.05, 4.69) is 82.3 Å². The fourth-order valence-corrected chi connectivity index (χ4v) is 2.67. The molecule has 3 aromatic rings. The van der Waals surface area contributed by atoms with Gasteiger partial charge in [0, 0.05) is 0 Å². The monoisotopic (exact) mass is 262 g/mol. The first-order chi connectivity index (χ1) is 9.48. The molecule has 0 heterocycles. The average molecular weight is 262 g/mol. The summed E-state index contributed by atoms with van der Waals surface area (Å²) in [7, 11) is 0. The van der Waals surface area contributed by atoms with Crippen molar-refractivity contribution in [2.24, 2.45) is 5.92 Å². The Labute approximate surface area is 121 Å². The minimum atomic E-state index is 0.208. The summed E-state index contributed by atoms with van der Waals surface area (Å²) >= 11 is 0. The fourth-order valence-electron chi connectivity index (χ4n) is 2.67. The van der Waals surface area contributed by atoms with Crippen LogP contribution in [0.25, 0.3) is 21.5 Å². The van der Waals surface area contributed by atoms with Gasteiger partial charge in [-0.15, -0.1) is 0 Å². The van der Waals surface area contributed by atoms with E-state index in [1.165, 1.54) is 27.1 Å². The van der Waals surface area contributed by atoms with Gasteiger partial charge in [-0.05, 0) is 50.6 Å². The topological polar surface area (TPSA) is 0 Å². The van der Waals surface area contributed by atoms with Crippen molar-refractivity contribution in [1.29, 1.82) is 0 Å². The molecule has 3 rings (SSSR count).